The first-order chi connectivity index (χ1) is 32.0. The summed E-state index contributed by atoms with van der Waals surface area (Å²) in [6.07, 6.45) is 66.8. The van der Waals surface area contributed by atoms with Crippen LogP contribution in [0.3, 0.4) is 0 Å². The van der Waals surface area contributed by atoms with Crippen LogP contribution in [0.1, 0.15) is 265 Å². The molecule has 3 N–H and O–H groups in total. The Morgan fingerprint density at radius 2 is 0.892 bits per heavy atom. The Labute approximate surface area is 402 Å². The molecule has 0 saturated carbocycles. The molecule has 0 fully saturated rings. The van der Waals surface area contributed by atoms with Crippen molar-refractivity contribution >= 4 is 11.9 Å². The van der Waals surface area contributed by atoms with Crippen LogP contribution in [-0.4, -0.2) is 46.9 Å². The summed E-state index contributed by atoms with van der Waals surface area (Å²) in [6.45, 7) is 6.34. The summed E-state index contributed by atoms with van der Waals surface area (Å²) in [4.78, 5) is 26.2. The number of rotatable bonds is 49. The first kappa shape index (κ1) is 62.3. The number of esters is 1. The van der Waals surface area contributed by atoms with Gasteiger partial charge in [-0.05, 0) is 83.5 Å². The maximum absolute atomic E-state index is 13.2. The number of amides is 1. The van der Waals surface area contributed by atoms with Crippen molar-refractivity contribution in [1.29, 1.82) is 0 Å². The minimum absolute atomic E-state index is 0.0331. The third kappa shape index (κ3) is 47.6. The molecule has 0 rings (SSSR count). The molecule has 0 spiro atoms. The standard InChI is InChI=1S/C59H105NO5/c1-4-7-10-13-16-19-22-25-28-29-31-33-36-39-42-45-48-51-57(62)56(54-61)60-58(63)53-55(50-47-44-41-38-35-32-27-24-21-18-15-12-9-6-3)65-59(64)52-49-46-43-40-37-34-30-26-23-20-17-14-11-8-5-2/h9,12,17-18,20-21,23,26-27,32,38,41,55-57,61-62H,4-8,10-11,13-16,19,22,24-25,28-31,33-37,39-40,42-54H2,1-3H3,(H,60,63)/b12-9+,20-17+,21-18+,26-23+,32-27+,41-38+. The van der Waals surface area contributed by atoms with Gasteiger partial charge < -0.3 is 20.3 Å². The molecule has 0 aliphatic carbocycles. The van der Waals surface area contributed by atoms with E-state index in [9.17, 15) is 19.8 Å². The Bertz CT molecular complexity index is 1200. The molecule has 0 aliphatic rings. The van der Waals surface area contributed by atoms with Gasteiger partial charge in [0.1, 0.15) is 6.10 Å². The van der Waals surface area contributed by atoms with Crippen molar-refractivity contribution in [2.45, 2.75) is 283 Å². The Balaban J connectivity index is 4.61. The summed E-state index contributed by atoms with van der Waals surface area (Å²) in [5, 5.41) is 23.8. The van der Waals surface area contributed by atoms with Gasteiger partial charge in [-0.25, -0.2) is 0 Å². The second-order valence-corrected chi connectivity index (χ2v) is 18.6. The quantitative estimate of drug-likeness (QED) is 0.0245. The fraction of sp³-hybridized carbons (Fsp3) is 0.763. The molecule has 6 heteroatoms. The summed E-state index contributed by atoms with van der Waals surface area (Å²) in [6, 6.07) is -0.725. The summed E-state index contributed by atoms with van der Waals surface area (Å²) < 4.78 is 5.91. The van der Waals surface area contributed by atoms with Crippen molar-refractivity contribution in [3.8, 4) is 0 Å². The first-order valence-electron chi connectivity index (χ1n) is 27.7. The lowest BCUT2D eigenvalue weighted by Crippen LogP contribution is -2.46. The number of ether oxygens (including phenoxy) is 1. The summed E-state index contributed by atoms with van der Waals surface area (Å²) in [5.74, 6) is -0.540. The maximum Gasteiger partial charge on any atom is 0.306 e. The van der Waals surface area contributed by atoms with Gasteiger partial charge in [0.05, 0.1) is 25.2 Å². The van der Waals surface area contributed by atoms with Crippen LogP contribution in [-0.2, 0) is 14.3 Å². The minimum atomic E-state index is -0.807. The molecule has 0 saturated heterocycles. The van der Waals surface area contributed by atoms with Gasteiger partial charge in [0, 0.05) is 6.42 Å². The zero-order chi connectivity index (χ0) is 47.4. The smallest absolute Gasteiger partial charge is 0.306 e. The molecule has 1 amide bonds. The number of hydrogen-bond acceptors (Lipinski definition) is 5. The van der Waals surface area contributed by atoms with Crippen molar-refractivity contribution in [1.82, 2.24) is 5.32 Å². The minimum Gasteiger partial charge on any atom is -0.462 e. The molecular formula is C59H105NO5. The van der Waals surface area contributed by atoms with Crippen molar-refractivity contribution in [2.24, 2.45) is 0 Å². The molecule has 0 aromatic heterocycles. The number of hydrogen-bond donors (Lipinski definition) is 3. The third-order valence-electron chi connectivity index (χ3n) is 12.3. The normalized spacial score (nSPS) is 13.7. The van der Waals surface area contributed by atoms with E-state index in [1.165, 1.54) is 135 Å². The molecule has 0 bridgehead atoms. The van der Waals surface area contributed by atoms with Gasteiger partial charge in [-0.15, -0.1) is 0 Å². The molecule has 6 nitrogen and oxygen atoms in total. The van der Waals surface area contributed by atoms with E-state index in [-0.39, 0.29) is 24.9 Å². The molecule has 0 radical (unpaired) electrons. The van der Waals surface area contributed by atoms with Gasteiger partial charge in [0.25, 0.3) is 0 Å². The Morgan fingerprint density at radius 3 is 1.40 bits per heavy atom. The predicted octanol–water partition coefficient (Wildman–Crippen LogP) is 17.0. The SMILES string of the molecule is CC/C=C/C/C=C/C/C=C/C/C=C/CCCC(CC(=O)NC(CO)C(O)CCCCCCCCCCCCCCCCCCC)OC(=O)CCCCCCCC/C=C/C=C/CCCCC. The number of aliphatic hydroxyl groups is 2. The van der Waals surface area contributed by atoms with E-state index < -0.39 is 18.2 Å². The van der Waals surface area contributed by atoms with Gasteiger partial charge in [0.15, 0.2) is 0 Å². The Morgan fingerprint density at radius 1 is 0.477 bits per heavy atom. The van der Waals surface area contributed by atoms with E-state index >= 15 is 0 Å². The van der Waals surface area contributed by atoms with Gasteiger partial charge in [-0.3, -0.25) is 9.59 Å². The molecular weight excluding hydrogens is 803 g/mol. The average molecular weight is 908 g/mol. The highest BCUT2D eigenvalue weighted by atomic mass is 16.5. The highest BCUT2D eigenvalue weighted by molar-refractivity contribution is 5.77. The molecule has 376 valence electrons. The molecule has 0 aliphatic heterocycles. The molecule has 0 heterocycles. The zero-order valence-corrected chi connectivity index (χ0v) is 42.9. The van der Waals surface area contributed by atoms with Crippen LogP contribution in [0.25, 0.3) is 0 Å². The van der Waals surface area contributed by atoms with Crippen molar-refractivity contribution in [3.05, 3.63) is 72.9 Å². The van der Waals surface area contributed by atoms with E-state index in [1.807, 2.05) is 0 Å². The molecule has 0 aromatic carbocycles. The van der Waals surface area contributed by atoms with Crippen LogP contribution in [0.15, 0.2) is 72.9 Å². The monoisotopic (exact) mass is 908 g/mol. The zero-order valence-electron chi connectivity index (χ0n) is 42.9. The van der Waals surface area contributed by atoms with Crippen LogP contribution in [0, 0.1) is 0 Å². The average Bonchev–Trinajstić information content (AvgIpc) is 3.30. The summed E-state index contributed by atoms with van der Waals surface area (Å²) >= 11 is 0. The molecule has 0 aromatic rings. The van der Waals surface area contributed by atoms with Gasteiger partial charge >= 0.3 is 5.97 Å². The number of carbonyl (C=O) groups excluding carboxylic acids is 2. The van der Waals surface area contributed by atoms with Crippen LogP contribution >= 0.6 is 0 Å². The number of unbranched alkanes of at least 4 members (excludes halogenated alkanes) is 26. The van der Waals surface area contributed by atoms with Gasteiger partial charge in [0.2, 0.25) is 5.91 Å². The lowest BCUT2D eigenvalue weighted by molar-refractivity contribution is -0.151. The fourth-order valence-electron chi connectivity index (χ4n) is 8.12. The maximum atomic E-state index is 13.2. The number of nitrogens with one attached hydrogen (secondary N) is 1. The second-order valence-electron chi connectivity index (χ2n) is 18.6. The second kappa shape index (κ2) is 52.3. The summed E-state index contributed by atoms with van der Waals surface area (Å²) in [5.41, 5.74) is 0. The summed E-state index contributed by atoms with van der Waals surface area (Å²) in [7, 11) is 0. The Hall–Kier alpha value is -2.70. The van der Waals surface area contributed by atoms with Crippen LogP contribution in [0.4, 0.5) is 0 Å². The lowest BCUT2D eigenvalue weighted by Gasteiger charge is -2.24. The number of allylic oxidation sites excluding steroid dienone is 12. The van der Waals surface area contributed by atoms with E-state index in [2.05, 4.69) is 99.0 Å². The van der Waals surface area contributed by atoms with E-state index in [1.54, 1.807) is 0 Å². The van der Waals surface area contributed by atoms with Crippen LogP contribution in [0.5, 0.6) is 0 Å². The predicted molar refractivity (Wildman–Crippen MR) is 282 cm³/mol. The molecule has 3 unspecified atom stereocenters. The van der Waals surface area contributed by atoms with Crippen LogP contribution < -0.4 is 5.32 Å². The molecule has 3 atom stereocenters. The van der Waals surface area contributed by atoms with Gasteiger partial charge in [-0.1, -0.05) is 241 Å². The third-order valence-corrected chi connectivity index (χ3v) is 12.3. The Kier molecular flexibility index (Phi) is 50.1. The number of aliphatic hydroxyl groups excluding tert-OH is 2. The highest BCUT2D eigenvalue weighted by Crippen LogP contribution is 2.17. The van der Waals surface area contributed by atoms with Crippen molar-refractivity contribution < 1.29 is 24.5 Å². The van der Waals surface area contributed by atoms with E-state index in [0.29, 0.717) is 19.3 Å². The fourth-order valence-corrected chi connectivity index (χ4v) is 8.12. The van der Waals surface area contributed by atoms with E-state index in [4.69, 9.17) is 4.74 Å². The lowest BCUT2D eigenvalue weighted by atomic mass is 10.0. The topological polar surface area (TPSA) is 95.9 Å². The highest BCUT2D eigenvalue weighted by Gasteiger charge is 2.24. The van der Waals surface area contributed by atoms with Crippen molar-refractivity contribution in [3.63, 3.8) is 0 Å². The van der Waals surface area contributed by atoms with Crippen LogP contribution in [0.2, 0.25) is 0 Å². The molecule has 65 heavy (non-hydrogen) atoms. The largest absolute Gasteiger partial charge is 0.462 e. The number of carbonyl (C=O) groups is 2. The van der Waals surface area contributed by atoms with Crippen molar-refractivity contribution in [2.75, 3.05) is 6.61 Å². The van der Waals surface area contributed by atoms with E-state index in [0.717, 1.165) is 83.5 Å². The van der Waals surface area contributed by atoms with Gasteiger partial charge in [-0.2, -0.15) is 0 Å². The first-order valence-corrected chi connectivity index (χ1v) is 27.7.